The molecule has 2 atom stereocenters. The molecule has 0 bridgehead atoms. The minimum atomic E-state index is -0.166. The lowest BCUT2D eigenvalue weighted by Gasteiger charge is -2.28. The van der Waals surface area contributed by atoms with Gasteiger partial charge in [0.15, 0.2) is 12.6 Å². The summed E-state index contributed by atoms with van der Waals surface area (Å²) >= 11 is 0. The largest absolute Gasteiger partial charge is 0.507 e. The number of unbranched alkanes of at least 4 members (excludes halogenated alkanes) is 2. The highest BCUT2D eigenvalue weighted by Crippen LogP contribution is 2.41. The van der Waals surface area contributed by atoms with Crippen LogP contribution in [-0.4, -0.2) is 49.2 Å². The van der Waals surface area contributed by atoms with Crippen molar-refractivity contribution in [3.8, 4) is 11.5 Å². The van der Waals surface area contributed by atoms with Crippen molar-refractivity contribution in [1.29, 1.82) is 0 Å². The molecule has 2 aliphatic heterocycles. The van der Waals surface area contributed by atoms with Gasteiger partial charge >= 0.3 is 0 Å². The minimum Gasteiger partial charge on any atom is -0.507 e. The van der Waals surface area contributed by atoms with E-state index in [-0.39, 0.29) is 23.4 Å². The molecule has 0 aromatic heterocycles. The zero-order valence-electron chi connectivity index (χ0n) is 30.4. The number of aryl methyl sites for hydroxylation is 2. The van der Waals surface area contributed by atoms with E-state index in [9.17, 15) is 10.2 Å². The van der Waals surface area contributed by atoms with Crippen LogP contribution in [0.15, 0.2) is 24.3 Å². The van der Waals surface area contributed by atoms with Crippen molar-refractivity contribution in [1.82, 2.24) is 0 Å². The van der Waals surface area contributed by atoms with Gasteiger partial charge in [-0.2, -0.15) is 0 Å². The summed E-state index contributed by atoms with van der Waals surface area (Å²) in [4.78, 5) is 0. The number of rotatable bonds is 18. The second kappa shape index (κ2) is 18.0. The molecule has 2 aromatic carbocycles. The molecular formula is C41H64O6. The molecule has 2 heterocycles. The zero-order valence-corrected chi connectivity index (χ0v) is 30.4. The standard InChI is InChI=1S/C41H64O6/c1-7-40(3,4)34-27-30(17-9-13-21-44-36-19-11-15-23-46-36)25-32(38(34)42)29-33-26-31(28-35(39(33)43)41(5,6)8-2)18-10-14-22-45-37-20-12-16-24-47-37/h25-28,36-37,42-43H,7-24,29H2,1-6H3. The summed E-state index contributed by atoms with van der Waals surface area (Å²) in [5.74, 6) is 0.725. The highest BCUT2D eigenvalue weighted by Gasteiger charge is 2.27. The monoisotopic (exact) mass is 652 g/mol. The molecule has 2 unspecified atom stereocenters. The molecule has 2 aromatic rings. The van der Waals surface area contributed by atoms with Crippen LogP contribution < -0.4 is 0 Å². The van der Waals surface area contributed by atoms with Gasteiger partial charge in [0.25, 0.3) is 0 Å². The number of hydrogen-bond acceptors (Lipinski definition) is 6. The first kappa shape index (κ1) is 37.7. The lowest BCUT2D eigenvalue weighted by atomic mass is 9.77. The lowest BCUT2D eigenvalue weighted by molar-refractivity contribution is -0.163. The molecule has 6 heteroatoms. The molecule has 6 nitrogen and oxygen atoms in total. The molecule has 2 fully saturated rings. The van der Waals surface area contributed by atoms with Crippen molar-refractivity contribution in [2.45, 2.75) is 161 Å². The Morgan fingerprint density at radius 3 is 1.43 bits per heavy atom. The Bertz CT molecular complexity index is 1140. The lowest BCUT2D eigenvalue weighted by Crippen LogP contribution is -2.22. The van der Waals surface area contributed by atoms with Crippen LogP contribution in [0.3, 0.4) is 0 Å². The van der Waals surface area contributed by atoms with Crippen LogP contribution in [0.5, 0.6) is 11.5 Å². The van der Waals surface area contributed by atoms with E-state index in [1.807, 2.05) is 0 Å². The number of phenols is 2. The molecule has 0 spiro atoms. The third kappa shape index (κ3) is 10.9. The molecule has 0 saturated carbocycles. The van der Waals surface area contributed by atoms with Gasteiger partial charge in [-0.25, -0.2) is 0 Å². The average molecular weight is 653 g/mol. The highest BCUT2D eigenvalue weighted by molar-refractivity contribution is 5.53. The van der Waals surface area contributed by atoms with Gasteiger partial charge in [-0.05, 0) is 123 Å². The van der Waals surface area contributed by atoms with E-state index in [0.717, 1.165) is 113 Å². The third-order valence-corrected chi connectivity index (χ3v) is 10.7. The van der Waals surface area contributed by atoms with E-state index in [2.05, 4.69) is 65.8 Å². The molecule has 4 rings (SSSR count). The molecule has 47 heavy (non-hydrogen) atoms. The average Bonchev–Trinajstić information content (AvgIpc) is 3.07. The van der Waals surface area contributed by atoms with Crippen LogP contribution >= 0.6 is 0 Å². The number of aromatic hydroxyl groups is 2. The SMILES string of the molecule is CCC(C)(C)c1cc(CCCCOC2CCCCO2)cc(Cc2cc(CCCCOC3CCCCO3)cc(C(C)(C)CC)c2O)c1O. The second-order valence-electron chi connectivity index (χ2n) is 15.2. The maximum absolute atomic E-state index is 11.7. The fourth-order valence-corrected chi connectivity index (χ4v) is 6.67. The van der Waals surface area contributed by atoms with E-state index in [4.69, 9.17) is 18.9 Å². The zero-order chi connectivity index (χ0) is 33.9. The molecule has 2 N–H and O–H groups in total. The first-order valence-electron chi connectivity index (χ1n) is 18.7. The molecule has 2 aliphatic rings. The summed E-state index contributed by atoms with van der Waals surface area (Å²) < 4.78 is 23.4. The van der Waals surface area contributed by atoms with Crippen molar-refractivity contribution in [3.05, 3.63) is 57.6 Å². The predicted octanol–water partition coefficient (Wildman–Crippen LogP) is 9.80. The Hall–Kier alpha value is -2.12. The number of benzene rings is 2. The van der Waals surface area contributed by atoms with E-state index < -0.39 is 0 Å². The quantitative estimate of drug-likeness (QED) is 0.156. The molecule has 264 valence electrons. The Kier molecular flexibility index (Phi) is 14.5. The maximum atomic E-state index is 11.7. The fourth-order valence-electron chi connectivity index (χ4n) is 6.67. The van der Waals surface area contributed by atoms with Crippen LogP contribution in [0.1, 0.15) is 152 Å². The Labute approximate surface area is 285 Å². The fraction of sp³-hybridized carbons (Fsp3) is 0.707. The smallest absolute Gasteiger partial charge is 0.157 e. The van der Waals surface area contributed by atoms with Crippen molar-refractivity contribution in [2.75, 3.05) is 26.4 Å². The van der Waals surface area contributed by atoms with Gasteiger partial charge in [0, 0.05) is 44.0 Å². The van der Waals surface area contributed by atoms with Gasteiger partial charge in [0.2, 0.25) is 0 Å². The van der Waals surface area contributed by atoms with Crippen molar-refractivity contribution >= 4 is 0 Å². The summed E-state index contributed by atoms with van der Waals surface area (Å²) in [5.41, 5.74) is 5.89. The topological polar surface area (TPSA) is 77.4 Å². The van der Waals surface area contributed by atoms with Crippen LogP contribution in [0.4, 0.5) is 0 Å². The first-order valence-corrected chi connectivity index (χ1v) is 18.7. The molecule has 0 aliphatic carbocycles. The van der Waals surface area contributed by atoms with Gasteiger partial charge in [0.1, 0.15) is 11.5 Å². The van der Waals surface area contributed by atoms with Gasteiger partial charge in [-0.1, -0.05) is 65.8 Å². The molecule has 0 amide bonds. The first-order chi connectivity index (χ1) is 22.5. The number of phenolic OH excluding ortho intramolecular Hbond substituents is 2. The van der Waals surface area contributed by atoms with Gasteiger partial charge in [0.05, 0.1) is 0 Å². The van der Waals surface area contributed by atoms with E-state index in [1.165, 1.54) is 24.0 Å². The Balaban J connectivity index is 1.50. The summed E-state index contributed by atoms with van der Waals surface area (Å²) in [6.07, 6.45) is 14.6. The van der Waals surface area contributed by atoms with Gasteiger partial charge in [-0.15, -0.1) is 0 Å². The van der Waals surface area contributed by atoms with Crippen LogP contribution in [0.25, 0.3) is 0 Å². The Morgan fingerprint density at radius 1 is 0.638 bits per heavy atom. The van der Waals surface area contributed by atoms with Crippen LogP contribution in [0, 0.1) is 0 Å². The van der Waals surface area contributed by atoms with Crippen LogP contribution in [-0.2, 0) is 49.0 Å². The number of hydrogen-bond donors (Lipinski definition) is 2. The van der Waals surface area contributed by atoms with Gasteiger partial charge in [-0.3, -0.25) is 0 Å². The molecule has 2 saturated heterocycles. The minimum absolute atomic E-state index is 0.0449. The number of ether oxygens (including phenoxy) is 4. The summed E-state index contributed by atoms with van der Waals surface area (Å²) in [5, 5.41) is 23.4. The van der Waals surface area contributed by atoms with E-state index >= 15 is 0 Å². The van der Waals surface area contributed by atoms with Crippen molar-refractivity contribution in [3.63, 3.8) is 0 Å². The van der Waals surface area contributed by atoms with E-state index in [0.29, 0.717) is 31.1 Å². The van der Waals surface area contributed by atoms with Gasteiger partial charge < -0.3 is 29.2 Å². The second-order valence-corrected chi connectivity index (χ2v) is 15.2. The highest BCUT2D eigenvalue weighted by atomic mass is 16.7. The third-order valence-electron chi connectivity index (χ3n) is 10.7. The van der Waals surface area contributed by atoms with E-state index in [1.54, 1.807) is 0 Å². The summed E-state index contributed by atoms with van der Waals surface area (Å²) in [6, 6.07) is 8.74. The maximum Gasteiger partial charge on any atom is 0.157 e. The van der Waals surface area contributed by atoms with Crippen molar-refractivity contribution in [2.24, 2.45) is 0 Å². The summed E-state index contributed by atoms with van der Waals surface area (Å²) in [6.45, 7) is 16.2. The van der Waals surface area contributed by atoms with Crippen molar-refractivity contribution < 1.29 is 29.2 Å². The summed E-state index contributed by atoms with van der Waals surface area (Å²) in [7, 11) is 0. The molecule has 0 radical (unpaired) electrons. The predicted molar refractivity (Wildman–Crippen MR) is 191 cm³/mol. The van der Waals surface area contributed by atoms with Crippen LogP contribution in [0.2, 0.25) is 0 Å². The molecular weight excluding hydrogens is 588 g/mol. The normalized spacial score (nSPS) is 19.3. The Morgan fingerprint density at radius 2 is 1.06 bits per heavy atom.